The van der Waals surface area contributed by atoms with E-state index in [0.717, 1.165) is 35.7 Å². The van der Waals surface area contributed by atoms with Crippen molar-refractivity contribution in [2.45, 2.75) is 51.6 Å². The van der Waals surface area contributed by atoms with Gasteiger partial charge in [-0.15, -0.1) is 10.2 Å². The summed E-state index contributed by atoms with van der Waals surface area (Å²) in [5.41, 5.74) is 4.53. The van der Waals surface area contributed by atoms with Crippen LogP contribution in [0.25, 0.3) is 22.9 Å². The van der Waals surface area contributed by atoms with Crippen molar-refractivity contribution in [3.63, 3.8) is 0 Å². The molecule has 3 fully saturated rings. The first-order valence-electron chi connectivity index (χ1n) is 12.2. The zero-order valence-corrected chi connectivity index (χ0v) is 21.6. The number of aromatic nitrogens is 3. The molecular weight excluding hydrogens is 544 g/mol. The Kier molecular flexibility index (Phi) is 5.74. The summed E-state index contributed by atoms with van der Waals surface area (Å²) in [7, 11) is 0. The number of piperidine rings is 2. The van der Waals surface area contributed by atoms with E-state index in [4.69, 9.17) is 4.42 Å². The SMILES string of the molecule is Cc1cc(-c2nnc(-c3ccc(I)cc3N3CCC4(CC3)CC4)o2)cc(N2CCC(F)CC2)n1. The molecule has 1 aromatic carbocycles. The summed E-state index contributed by atoms with van der Waals surface area (Å²) in [6.45, 7) is 5.48. The molecule has 0 atom stereocenters. The van der Waals surface area contributed by atoms with Crippen LogP contribution in [0.4, 0.5) is 15.9 Å². The molecule has 0 radical (unpaired) electrons. The fourth-order valence-electron chi connectivity index (χ4n) is 5.31. The highest BCUT2D eigenvalue weighted by Gasteiger charge is 2.44. The molecule has 0 amide bonds. The first-order valence-corrected chi connectivity index (χ1v) is 13.3. The van der Waals surface area contributed by atoms with Gasteiger partial charge in [-0.2, -0.15) is 0 Å². The molecule has 2 saturated heterocycles. The average molecular weight is 573 g/mol. The van der Waals surface area contributed by atoms with E-state index in [9.17, 15) is 4.39 Å². The van der Waals surface area contributed by atoms with E-state index in [-0.39, 0.29) is 0 Å². The molecule has 3 aliphatic rings. The average Bonchev–Trinajstić information content (AvgIpc) is 3.40. The quantitative estimate of drug-likeness (QED) is 0.356. The van der Waals surface area contributed by atoms with Crippen molar-refractivity contribution >= 4 is 34.1 Å². The number of hydrogen-bond donors (Lipinski definition) is 0. The maximum absolute atomic E-state index is 13.6. The van der Waals surface area contributed by atoms with Crippen LogP contribution in [-0.2, 0) is 0 Å². The molecule has 8 heteroatoms. The van der Waals surface area contributed by atoms with E-state index < -0.39 is 6.17 Å². The zero-order valence-electron chi connectivity index (χ0n) is 19.4. The predicted molar refractivity (Wildman–Crippen MR) is 140 cm³/mol. The van der Waals surface area contributed by atoms with Crippen molar-refractivity contribution in [3.05, 3.63) is 39.6 Å². The highest BCUT2D eigenvalue weighted by molar-refractivity contribution is 14.1. The number of aryl methyl sites for hydroxylation is 1. The maximum atomic E-state index is 13.6. The van der Waals surface area contributed by atoms with E-state index in [0.29, 0.717) is 43.1 Å². The third-order valence-electron chi connectivity index (χ3n) is 7.67. The normalized spacial score (nSPS) is 20.2. The van der Waals surface area contributed by atoms with Crippen LogP contribution in [0.15, 0.2) is 34.7 Å². The van der Waals surface area contributed by atoms with E-state index in [1.54, 1.807) is 0 Å². The Morgan fingerprint density at radius 3 is 2.41 bits per heavy atom. The number of alkyl halides is 1. The van der Waals surface area contributed by atoms with E-state index in [2.05, 4.69) is 65.8 Å². The van der Waals surface area contributed by atoms with E-state index >= 15 is 0 Å². The molecule has 6 nitrogen and oxygen atoms in total. The Hall–Kier alpha value is -2.23. The Morgan fingerprint density at radius 2 is 1.68 bits per heavy atom. The molecule has 34 heavy (non-hydrogen) atoms. The molecule has 4 heterocycles. The van der Waals surface area contributed by atoms with Gasteiger partial charge in [-0.25, -0.2) is 9.37 Å². The maximum Gasteiger partial charge on any atom is 0.250 e. The van der Waals surface area contributed by atoms with E-state index in [1.165, 1.54) is 34.9 Å². The summed E-state index contributed by atoms with van der Waals surface area (Å²) in [4.78, 5) is 9.30. The van der Waals surface area contributed by atoms with Gasteiger partial charge in [-0.1, -0.05) is 0 Å². The second-order valence-corrected chi connectivity index (χ2v) is 11.3. The smallest absolute Gasteiger partial charge is 0.250 e. The van der Waals surface area contributed by atoms with Crippen LogP contribution in [0.3, 0.4) is 0 Å². The minimum Gasteiger partial charge on any atom is -0.416 e. The highest BCUT2D eigenvalue weighted by Crippen LogP contribution is 2.54. The number of nitrogens with zero attached hydrogens (tertiary/aromatic N) is 5. The number of pyridine rings is 1. The molecule has 0 N–H and O–H groups in total. The molecule has 178 valence electrons. The van der Waals surface area contributed by atoms with Crippen molar-refractivity contribution in [1.82, 2.24) is 15.2 Å². The number of anilines is 2. The summed E-state index contributed by atoms with van der Waals surface area (Å²) in [5.74, 6) is 1.88. The van der Waals surface area contributed by atoms with Gasteiger partial charge in [0.15, 0.2) is 0 Å². The second kappa shape index (κ2) is 8.77. The second-order valence-electron chi connectivity index (χ2n) is 10.1. The van der Waals surface area contributed by atoms with Crippen molar-refractivity contribution in [2.24, 2.45) is 5.41 Å². The van der Waals surface area contributed by atoms with Gasteiger partial charge in [0.2, 0.25) is 11.8 Å². The van der Waals surface area contributed by atoms with Gasteiger partial charge in [-0.05, 0) is 104 Å². The molecule has 2 aliphatic heterocycles. The summed E-state index contributed by atoms with van der Waals surface area (Å²) < 4.78 is 21.0. The standard InChI is InChI=1S/C26H29FIN5O/c1-17-14-18(15-23(29-17)33-10-4-19(27)5-11-33)24-30-31-25(34-24)21-3-2-20(28)16-22(21)32-12-8-26(6-7-26)9-13-32/h2-3,14-16,19H,4-13H2,1H3. The summed E-state index contributed by atoms with van der Waals surface area (Å²) in [6, 6.07) is 10.4. The first kappa shape index (κ1) is 22.2. The Balaban J connectivity index is 1.29. The first-order chi connectivity index (χ1) is 16.5. The Bertz CT molecular complexity index is 1190. The Labute approximate surface area is 213 Å². The molecule has 3 aromatic rings. The molecular formula is C26H29FIN5O. The van der Waals surface area contributed by atoms with Crippen LogP contribution in [0.1, 0.15) is 44.2 Å². The molecule has 1 spiro atoms. The molecule has 1 saturated carbocycles. The van der Waals surface area contributed by atoms with Crippen LogP contribution < -0.4 is 9.80 Å². The van der Waals surface area contributed by atoms with Gasteiger partial charge >= 0.3 is 0 Å². The zero-order chi connectivity index (χ0) is 23.3. The minimum absolute atomic E-state index is 0.488. The third kappa shape index (κ3) is 4.41. The molecule has 0 unspecified atom stereocenters. The topological polar surface area (TPSA) is 58.3 Å². The van der Waals surface area contributed by atoms with Crippen LogP contribution in [-0.4, -0.2) is 47.5 Å². The fourth-order valence-corrected chi connectivity index (χ4v) is 5.78. The predicted octanol–water partition coefficient (Wildman–Crippen LogP) is 6.03. The lowest BCUT2D eigenvalue weighted by atomic mass is 9.93. The minimum atomic E-state index is -0.711. The number of halogens is 2. The lowest BCUT2D eigenvalue weighted by Gasteiger charge is -2.34. The van der Waals surface area contributed by atoms with Gasteiger partial charge in [0, 0.05) is 41.0 Å². The largest absolute Gasteiger partial charge is 0.416 e. The van der Waals surface area contributed by atoms with Gasteiger partial charge in [0.1, 0.15) is 12.0 Å². The van der Waals surface area contributed by atoms with Crippen LogP contribution in [0.5, 0.6) is 0 Å². The van der Waals surface area contributed by atoms with Gasteiger partial charge in [-0.3, -0.25) is 0 Å². The monoisotopic (exact) mass is 573 g/mol. The van der Waals surface area contributed by atoms with Crippen molar-refractivity contribution in [2.75, 3.05) is 36.0 Å². The number of rotatable bonds is 4. The lowest BCUT2D eigenvalue weighted by molar-refractivity contribution is 0.276. The summed E-state index contributed by atoms with van der Waals surface area (Å²) >= 11 is 2.37. The van der Waals surface area contributed by atoms with Crippen LogP contribution in [0.2, 0.25) is 0 Å². The van der Waals surface area contributed by atoms with Crippen molar-refractivity contribution in [3.8, 4) is 22.9 Å². The van der Waals surface area contributed by atoms with Gasteiger partial charge in [0.05, 0.1) is 11.3 Å². The fraction of sp³-hybridized carbons (Fsp3) is 0.500. The molecule has 0 bridgehead atoms. The molecule has 2 aromatic heterocycles. The molecule has 1 aliphatic carbocycles. The van der Waals surface area contributed by atoms with E-state index in [1.807, 2.05) is 19.1 Å². The van der Waals surface area contributed by atoms with Crippen molar-refractivity contribution < 1.29 is 8.81 Å². The molecule has 6 rings (SSSR count). The van der Waals surface area contributed by atoms with Gasteiger partial charge < -0.3 is 14.2 Å². The summed E-state index contributed by atoms with van der Waals surface area (Å²) in [6.07, 6.45) is 5.71. The Morgan fingerprint density at radius 1 is 0.941 bits per heavy atom. The summed E-state index contributed by atoms with van der Waals surface area (Å²) in [5, 5.41) is 8.84. The van der Waals surface area contributed by atoms with Crippen LogP contribution >= 0.6 is 22.6 Å². The van der Waals surface area contributed by atoms with Crippen LogP contribution in [0, 0.1) is 15.9 Å². The lowest BCUT2D eigenvalue weighted by Crippen LogP contribution is -2.35. The number of benzene rings is 1. The number of hydrogen-bond acceptors (Lipinski definition) is 6. The third-order valence-corrected chi connectivity index (χ3v) is 8.34. The highest BCUT2D eigenvalue weighted by atomic mass is 127. The van der Waals surface area contributed by atoms with Gasteiger partial charge in [0.25, 0.3) is 0 Å². The van der Waals surface area contributed by atoms with Crippen molar-refractivity contribution in [1.29, 1.82) is 0 Å².